The van der Waals surface area contributed by atoms with Crippen LogP contribution >= 0.6 is 0 Å². The van der Waals surface area contributed by atoms with Crippen molar-refractivity contribution in [2.75, 3.05) is 26.7 Å². The van der Waals surface area contributed by atoms with Crippen LogP contribution in [0, 0.1) is 5.92 Å². The SMILES string of the molecule is CC(C)COc1ccc(CN(Cc2ccncc2)C(=O)NC2CCN(C)CC2)cc1. The molecule has 0 atom stereocenters. The van der Waals surface area contributed by atoms with Gasteiger partial charge in [0.1, 0.15) is 5.75 Å². The molecule has 3 rings (SSSR count). The average molecular weight is 411 g/mol. The number of ether oxygens (including phenoxy) is 1. The number of benzene rings is 1. The Morgan fingerprint density at radius 3 is 2.30 bits per heavy atom. The van der Waals surface area contributed by atoms with Gasteiger partial charge in [-0.15, -0.1) is 0 Å². The molecule has 1 aromatic heterocycles. The molecule has 6 heteroatoms. The lowest BCUT2D eigenvalue weighted by atomic mass is 10.1. The molecular weight excluding hydrogens is 376 g/mol. The minimum Gasteiger partial charge on any atom is -0.493 e. The van der Waals surface area contributed by atoms with Crippen molar-refractivity contribution >= 4 is 6.03 Å². The average Bonchev–Trinajstić information content (AvgIpc) is 2.75. The number of urea groups is 1. The van der Waals surface area contributed by atoms with E-state index in [-0.39, 0.29) is 12.1 Å². The van der Waals surface area contributed by atoms with Gasteiger partial charge in [0.2, 0.25) is 0 Å². The number of piperidine rings is 1. The van der Waals surface area contributed by atoms with Gasteiger partial charge in [0.05, 0.1) is 6.61 Å². The van der Waals surface area contributed by atoms with Crippen LogP contribution in [0.15, 0.2) is 48.8 Å². The topological polar surface area (TPSA) is 57.7 Å². The van der Waals surface area contributed by atoms with Crippen molar-refractivity contribution in [3.05, 3.63) is 59.9 Å². The molecule has 6 nitrogen and oxygen atoms in total. The number of likely N-dealkylation sites (tertiary alicyclic amines) is 1. The summed E-state index contributed by atoms with van der Waals surface area (Å²) in [5.74, 6) is 1.35. The van der Waals surface area contributed by atoms with Gasteiger partial charge in [0.25, 0.3) is 0 Å². The molecule has 1 aliphatic rings. The number of carbonyl (C=O) groups is 1. The first-order chi connectivity index (χ1) is 14.5. The maximum Gasteiger partial charge on any atom is 0.318 e. The largest absolute Gasteiger partial charge is 0.493 e. The molecule has 1 saturated heterocycles. The predicted octanol–water partition coefficient (Wildman–Crippen LogP) is 3.92. The number of aromatic nitrogens is 1. The van der Waals surface area contributed by atoms with Gasteiger partial charge < -0.3 is 19.9 Å². The highest BCUT2D eigenvalue weighted by molar-refractivity contribution is 5.74. The van der Waals surface area contributed by atoms with E-state index in [9.17, 15) is 4.79 Å². The van der Waals surface area contributed by atoms with E-state index in [1.807, 2.05) is 41.3 Å². The second kappa shape index (κ2) is 11.0. The summed E-state index contributed by atoms with van der Waals surface area (Å²) in [4.78, 5) is 21.4. The number of carbonyl (C=O) groups excluding carboxylic acids is 1. The van der Waals surface area contributed by atoms with E-state index in [1.54, 1.807) is 12.4 Å². The van der Waals surface area contributed by atoms with E-state index < -0.39 is 0 Å². The summed E-state index contributed by atoms with van der Waals surface area (Å²) in [7, 11) is 2.13. The predicted molar refractivity (Wildman–Crippen MR) is 119 cm³/mol. The van der Waals surface area contributed by atoms with Gasteiger partial charge in [-0.3, -0.25) is 4.98 Å². The van der Waals surface area contributed by atoms with Crippen LogP contribution in [0.2, 0.25) is 0 Å². The Hall–Kier alpha value is -2.60. The second-order valence-corrected chi connectivity index (χ2v) is 8.59. The summed E-state index contributed by atoms with van der Waals surface area (Å²) in [6.07, 6.45) is 5.52. The highest BCUT2D eigenvalue weighted by Gasteiger charge is 2.22. The monoisotopic (exact) mass is 410 g/mol. The van der Waals surface area contributed by atoms with E-state index in [1.165, 1.54) is 0 Å². The van der Waals surface area contributed by atoms with Gasteiger partial charge in [0.15, 0.2) is 0 Å². The lowest BCUT2D eigenvalue weighted by Gasteiger charge is -2.32. The summed E-state index contributed by atoms with van der Waals surface area (Å²) in [6.45, 7) is 8.10. The van der Waals surface area contributed by atoms with Gasteiger partial charge in [-0.2, -0.15) is 0 Å². The number of amides is 2. The molecule has 1 N–H and O–H groups in total. The second-order valence-electron chi connectivity index (χ2n) is 8.59. The van der Waals surface area contributed by atoms with Crippen LogP contribution in [0.5, 0.6) is 5.75 Å². The van der Waals surface area contributed by atoms with E-state index in [0.717, 1.165) is 42.8 Å². The Morgan fingerprint density at radius 1 is 1.10 bits per heavy atom. The van der Waals surface area contributed by atoms with Crippen molar-refractivity contribution in [1.29, 1.82) is 0 Å². The van der Waals surface area contributed by atoms with Crippen LogP contribution in [0.4, 0.5) is 4.79 Å². The third-order valence-electron chi connectivity index (χ3n) is 5.34. The molecule has 0 bridgehead atoms. The smallest absolute Gasteiger partial charge is 0.318 e. The van der Waals surface area contributed by atoms with E-state index >= 15 is 0 Å². The fourth-order valence-corrected chi connectivity index (χ4v) is 3.50. The third-order valence-corrected chi connectivity index (χ3v) is 5.34. The molecule has 1 aliphatic heterocycles. The van der Waals surface area contributed by atoms with Crippen molar-refractivity contribution in [2.24, 2.45) is 5.92 Å². The molecule has 162 valence electrons. The molecule has 2 amide bonds. The zero-order valence-corrected chi connectivity index (χ0v) is 18.4. The Bertz CT molecular complexity index is 772. The first-order valence-electron chi connectivity index (χ1n) is 10.8. The summed E-state index contributed by atoms with van der Waals surface area (Å²) >= 11 is 0. The summed E-state index contributed by atoms with van der Waals surface area (Å²) in [5.41, 5.74) is 2.15. The molecule has 0 unspecified atom stereocenters. The van der Waals surface area contributed by atoms with E-state index in [2.05, 4.69) is 36.1 Å². The van der Waals surface area contributed by atoms with Crippen LogP contribution in [-0.2, 0) is 13.1 Å². The first kappa shape index (κ1) is 22.1. The zero-order chi connectivity index (χ0) is 21.3. The van der Waals surface area contributed by atoms with Gasteiger partial charge >= 0.3 is 6.03 Å². The van der Waals surface area contributed by atoms with E-state index in [0.29, 0.717) is 25.6 Å². The molecule has 1 fully saturated rings. The molecule has 0 spiro atoms. The minimum absolute atomic E-state index is 0.0125. The lowest BCUT2D eigenvalue weighted by molar-refractivity contribution is 0.176. The third kappa shape index (κ3) is 7.02. The van der Waals surface area contributed by atoms with E-state index in [4.69, 9.17) is 4.74 Å². The molecule has 30 heavy (non-hydrogen) atoms. The van der Waals surface area contributed by atoms with Crippen molar-refractivity contribution < 1.29 is 9.53 Å². The number of hydrogen-bond acceptors (Lipinski definition) is 4. The van der Waals surface area contributed by atoms with Gasteiger partial charge in [-0.1, -0.05) is 26.0 Å². The van der Waals surface area contributed by atoms with Crippen molar-refractivity contribution in [2.45, 2.75) is 45.8 Å². The molecule has 2 heterocycles. The molecule has 0 aliphatic carbocycles. The highest BCUT2D eigenvalue weighted by atomic mass is 16.5. The van der Waals surface area contributed by atoms with Crippen molar-refractivity contribution in [3.63, 3.8) is 0 Å². The number of nitrogens with zero attached hydrogens (tertiary/aromatic N) is 3. The van der Waals surface area contributed by atoms with Gasteiger partial charge in [-0.25, -0.2) is 4.79 Å². The summed E-state index contributed by atoms with van der Waals surface area (Å²) in [5, 5.41) is 3.24. The quantitative estimate of drug-likeness (QED) is 0.717. The number of rotatable bonds is 8. The fraction of sp³-hybridized carbons (Fsp3) is 0.500. The zero-order valence-electron chi connectivity index (χ0n) is 18.4. The molecular formula is C24H34N4O2. The van der Waals surface area contributed by atoms with Crippen LogP contribution in [0.1, 0.15) is 37.8 Å². The number of hydrogen-bond donors (Lipinski definition) is 1. The summed E-state index contributed by atoms with van der Waals surface area (Å²) in [6, 6.07) is 12.2. The standard InChI is InChI=1S/C24H34N4O2/c1-19(2)18-30-23-6-4-20(5-7-23)16-28(17-21-8-12-25-13-9-21)24(29)26-22-10-14-27(3)15-11-22/h4-9,12-13,19,22H,10-11,14-18H2,1-3H3,(H,26,29). The highest BCUT2D eigenvalue weighted by Crippen LogP contribution is 2.17. The molecule has 1 aromatic carbocycles. The Balaban J connectivity index is 1.65. The number of pyridine rings is 1. The normalized spacial score (nSPS) is 15.2. The van der Waals surface area contributed by atoms with Crippen LogP contribution in [0.25, 0.3) is 0 Å². The molecule has 2 aromatic rings. The fourth-order valence-electron chi connectivity index (χ4n) is 3.50. The van der Waals surface area contributed by atoms with Crippen LogP contribution < -0.4 is 10.1 Å². The maximum absolute atomic E-state index is 13.1. The van der Waals surface area contributed by atoms with Crippen LogP contribution in [0.3, 0.4) is 0 Å². The summed E-state index contributed by atoms with van der Waals surface area (Å²) < 4.78 is 5.78. The van der Waals surface area contributed by atoms with Crippen LogP contribution in [-0.4, -0.2) is 53.6 Å². The maximum atomic E-state index is 13.1. The minimum atomic E-state index is -0.0125. The first-order valence-corrected chi connectivity index (χ1v) is 10.8. The Kier molecular flexibility index (Phi) is 8.08. The van der Waals surface area contributed by atoms with Gasteiger partial charge in [-0.05, 0) is 74.3 Å². The van der Waals surface area contributed by atoms with Gasteiger partial charge in [0, 0.05) is 31.5 Å². The molecule has 0 radical (unpaired) electrons. The Labute approximate surface area is 180 Å². The lowest BCUT2D eigenvalue weighted by Crippen LogP contribution is -2.48. The Morgan fingerprint density at radius 2 is 1.70 bits per heavy atom. The van der Waals surface area contributed by atoms with Crippen molar-refractivity contribution in [1.82, 2.24) is 20.1 Å². The molecule has 0 saturated carbocycles. The van der Waals surface area contributed by atoms with Crippen molar-refractivity contribution in [3.8, 4) is 5.75 Å². The number of nitrogens with one attached hydrogen (secondary N) is 1.